The Balaban J connectivity index is 1.86. The Kier molecular flexibility index (Phi) is 4.44. The van der Waals surface area contributed by atoms with Gasteiger partial charge >= 0.3 is 11.4 Å². The summed E-state index contributed by atoms with van der Waals surface area (Å²) in [6, 6.07) is 10.6. The quantitative estimate of drug-likeness (QED) is 0.728. The van der Waals surface area contributed by atoms with Crippen LogP contribution in [0.2, 0.25) is 5.02 Å². The molecule has 0 saturated heterocycles. The molecule has 0 spiro atoms. The lowest BCUT2D eigenvalue weighted by Gasteiger charge is -2.11. The molecule has 3 aromatic rings. The first kappa shape index (κ1) is 16.3. The van der Waals surface area contributed by atoms with E-state index >= 15 is 0 Å². The third kappa shape index (κ3) is 3.21. The van der Waals surface area contributed by atoms with E-state index in [0.29, 0.717) is 10.5 Å². The Hall–Kier alpha value is -2.53. The molecule has 0 amide bonds. The fourth-order valence-electron chi connectivity index (χ4n) is 2.47. The van der Waals surface area contributed by atoms with Gasteiger partial charge in [-0.05, 0) is 55.3 Å². The molecule has 124 valence electrons. The predicted molar refractivity (Wildman–Crippen MR) is 93.2 cm³/mol. The molecule has 1 aromatic heterocycles. The molecule has 24 heavy (non-hydrogen) atoms. The maximum atomic E-state index is 12.0. The maximum absolute atomic E-state index is 12.0. The highest BCUT2D eigenvalue weighted by Crippen LogP contribution is 2.17. The van der Waals surface area contributed by atoms with Crippen LogP contribution in [0.25, 0.3) is 10.9 Å². The number of hydrogen-bond acceptors (Lipinski definition) is 4. The first-order valence-electron chi connectivity index (χ1n) is 7.49. The van der Waals surface area contributed by atoms with Gasteiger partial charge in [-0.1, -0.05) is 17.7 Å². The van der Waals surface area contributed by atoms with Crippen LogP contribution in [0.1, 0.15) is 11.1 Å². The fraction of sp³-hybridized carbons (Fsp3) is 0.222. The van der Waals surface area contributed by atoms with Crippen molar-refractivity contribution in [2.45, 2.75) is 20.4 Å². The smallest absolute Gasteiger partial charge is 0.422 e. The number of fused-ring (bicyclic) bond motifs is 1. The molecule has 0 saturated carbocycles. The zero-order valence-electron chi connectivity index (χ0n) is 13.3. The maximum Gasteiger partial charge on any atom is 0.422 e. The second-order valence-electron chi connectivity index (χ2n) is 5.56. The van der Waals surface area contributed by atoms with E-state index in [1.807, 2.05) is 32.0 Å². The molecule has 0 atom stereocenters. The van der Waals surface area contributed by atoms with Gasteiger partial charge in [0.05, 0.1) is 17.4 Å². The highest BCUT2D eigenvalue weighted by atomic mass is 35.5. The van der Waals surface area contributed by atoms with Crippen LogP contribution in [0.4, 0.5) is 0 Å². The molecular weight excluding hydrogens is 330 g/mol. The molecule has 0 aliphatic heterocycles. The van der Waals surface area contributed by atoms with E-state index in [-0.39, 0.29) is 18.5 Å². The predicted octanol–water partition coefficient (Wildman–Crippen LogP) is 3.30. The number of nitrogens with zero attached hydrogens (tertiary/aromatic N) is 1. The SMILES string of the molecule is Cc1ccc(OCCn2c(=O)oc(=O)c3cc(Cl)ccc32)cc1C. The minimum atomic E-state index is -0.710. The average Bonchev–Trinajstić information content (AvgIpc) is 2.54. The van der Waals surface area contributed by atoms with Gasteiger partial charge < -0.3 is 9.15 Å². The van der Waals surface area contributed by atoms with Gasteiger partial charge in [0, 0.05) is 5.02 Å². The molecule has 0 radical (unpaired) electrons. The van der Waals surface area contributed by atoms with Crippen LogP contribution >= 0.6 is 11.6 Å². The Morgan fingerprint density at radius 1 is 1.08 bits per heavy atom. The van der Waals surface area contributed by atoms with Gasteiger partial charge in [-0.25, -0.2) is 9.59 Å². The average molecular weight is 346 g/mol. The van der Waals surface area contributed by atoms with Gasteiger partial charge in [-0.2, -0.15) is 0 Å². The third-order valence-electron chi connectivity index (χ3n) is 3.93. The highest BCUT2D eigenvalue weighted by molar-refractivity contribution is 6.31. The lowest BCUT2D eigenvalue weighted by Crippen LogP contribution is -2.27. The van der Waals surface area contributed by atoms with Crippen LogP contribution in [-0.2, 0) is 6.54 Å². The van der Waals surface area contributed by atoms with E-state index in [4.69, 9.17) is 20.8 Å². The number of aryl methyl sites for hydroxylation is 2. The molecule has 2 aromatic carbocycles. The summed E-state index contributed by atoms with van der Waals surface area (Å²) in [7, 11) is 0. The van der Waals surface area contributed by atoms with Crippen LogP contribution in [0.15, 0.2) is 50.4 Å². The Morgan fingerprint density at radius 2 is 1.88 bits per heavy atom. The van der Waals surface area contributed by atoms with Gasteiger partial charge in [-0.3, -0.25) is 4.57 Å². The molecule has 6 heteroatoms. The van der Waals surface area contributed by atoms with Gasteiger partial charge in [-0.15, -0.1) is 0 Å². The van der Waals surface area contributed by atoms with Crippen molar-refractivity contribution in [3.8, 4) is 5.75 Å². The zero-order chi connectivity index (χ0) is 17.3. The Bertz CT molecular complexity index is 1020. The molecule has 0 bridgehead atoms. The lowest BCUT2D eigenvalue weighted by atomic mass is 10.1. The van der Waals surface area contributed by atoms with E-state index in [0.717, 1.165) is 11.3 Å². The van der Waals surface area contributed by atoms with Crippen molar-refractivity contribution in [2.24, 2.45) is 0 Å². The third-order valence-corrected chi connectivity index (χ3v) is 4.17. The normalized spacial score (nSPS) is 11.0. The molecule has 0 unspecified atom stereocenters. The topological polar surface area (TPSA) is 61.4 Å². The molecule has 0 aliphatic rings. The Morgan fingerprint density at radius 3 is 2.62 bits per heavy atom. The molecule has 0 fully saturated rings. The van der Waals surface area contributed by atoms with Gasteiger partial charge in [0.15, 0.2) is 0 Å². The van der Waals surface area contributed by atoms with E-state index < -0.39 is 11.4 Å². The molecule has 0 aliphatic carbocycles. The molecular formula is C18H16ClNO4. The van der Waals surface area contributed by atoms with E-state index in [1.54, 1.807) is 12.1 Å². The lowest BCUT2D eigenvalue weighted by molar-refractivity contribution is 0.287. The summed E-state index contributed by atoms with van der Waals surface area (Å²) < 4.78 is 11.8. The summed E-state index contributed by atoms with van der Waals surface area (Å²) in [6.07, 6.45) is 0. The van der Waals surface area contributed by atoms with Crippen LogP contribution < -0.4 is 16.1 Å². The number of rotatable bonds is 4. The van der Waals surface area contributed by atoms with Crippen molar-refractivity contribution in [3.05, 3.63) is 73.5 Å². The molecule has 1 heterocycles. The number of hydrogen-bond donors (Lipinski definition) is 0. The van der Waals surface area contributed by atoms with E-state index in [1.165, 1.54) is 16.2 Å². The van der Waals surface area contributed by atoms with Crippen LogP contribution in [0.5, 0.6) is 5.75 Å². The van der Waals surface area contributed by atoms with Crippen molar-refractivity contribution in [1.29, 1.82) is 0 Å². The number of aromatic nitrogens is 1. The number of ether oxygens (including phenoxy) is 1. The van der Waals surface area contributed by atoms with Crippen LogP contribution in [0, 0.1) is 13.8 Å². The van der Waals surface area contributed by atoms with Gasteiger partial charge in [0.1, 0.15) is 12.4 Å². The number of halogens is 1. The second kappa shape index (κ2) is 6.53. The van der Waals surface area contributed by atoms with Crippen molar-refractivity contribution < 1.29 is 9.15 Å². The molecule has 0 N–H and O–H groups in total. The highest BCUT2D eigenvalue weighted by Gasteiger charge is 2.10. The minimum Gasteiger partial charge on any atom is -0.492 e. The minimum absolute atomic E-state index is 0.258. The van der Waals surface area contributed by atoms with Crippen molar-refractivity contribution >= 4 is 22.5 Å². The zero-order valence-corrected chi connectivity index (χ0v) is 14.1. The first-order chi connectivity index (χ1) is 11.5. The largest absolute Gasteiger partial charge is 0.492 e. The van der Waals surface area contributed by atoms with Gasteiger partial charge in [0.2, 0.25) is 0 Å². The molecule has 5 nitrogen and oxygen atoms in total. The van der Waals surface area contributed by atoms with Crippen LogP contribution in [-0.4, -0.2) is 11.2 Å². The summed E-state index contributed by atoms with van der Waals surface area (Å²) in [4.78, 5) is 23.8. The summed E-state index contributed by atoms with van der Waals surface area (Å²) in [6.45, 7) is 4.57. The van der Waals surface area contributed by atoms with E-state index in [9.17, 15) is 9.59 Å². The monoisotopic (exact) mass is 345 g/mol. The van der Waals surface area contributed by atoms with Crippen LogP contribution in [0.3, 0.4) is 0 Å². The standard InChI is InChI=1S/C18H16ClNO4/c1-11-3-5-14(9-12(11)2)23-8-7-20-16-6-4-13(19)10-15(16)17(21)24-18(20)22/h3-6,9-10H,7-8H2,1-2H3. The summed E-state index contributed by atoms with van der Waals surface area (Å²) in [5, 5.41) is 0.680. The summed E-state index contributed by atoms with van der Waals surface area (Å²) >= 11 is 5.90. The Labute approximate surface area is 143 Å². The van der Waals surface area contributed by atoms with Crippen molar-refractivity contribution in [3.63, 3.8) is 0 Å². The van der Waals surface area contributed by atoms with E-state index in [2.05, 4.69) is 0 Å². The first-order valence-corrected chi connectivity index (χ1v) is 7.87. The fourth-order valence-corrected chi connectivity index (χ4v) is 2.64. The van der Waals surface area contributed by atoms with Crippen molar-refractivity contribution in [1.82, 2.24) is 4.57 Å². The van der Waals surface area contributed by atoms with Crippen molar-refractivity contribution in [2.75, 3.05) is 6.61 Å². The molecule has 3 rings (SSSR count). The van der Waals surface area contributed by atoms with Gasteiger partial charge in [0.25, 0.3) is 0 Å². The number of benzene rings is 2. The summed E-state index contributed by atoms with van der Waals surface area (Å²) in [5.74, 6) is 0.0226. The second-order valence-corrected chi connectivity index (χ2v) is 6.00. The summed E-state index contributed by atoms with van der Waals surface area (Å²) in [5.41, 5.74) is 2.11.